The van der Waals surface area contributed by atoms with Gasteiger partial charge in [-0.05, 0) is 27.7 Å². The van der Waals surface area contributed by atoms with Crippen LogP contribution in [0.15, 0.2) is 0 Å². The number of methoxy groups -OCH3 is 1. The molecular formula is C8H20O5P+. The van der Waals surface area contributed by atoms with Crippen molar-refractivity contribution >= 4 is 8.25 Å². The Balaban J connectivity index is 0. The molecule has 0 heterocycles. The summed E-state index contributed by atoms with van der Waals surface area (Å²) in [7, 11) is 0.412. The molecule has 0 aromatic rings. The molecule has 0 saturated carbocycles. The first-order valence-electron chi connectivity index (χ1n) is 4.06. The van der Waals surface area contributed by atoms with Crippen LogP contribution in [0.3, 0.4) is 0 Å². The Kier molecular flexibility index (Phi) is 7.52. The highest BCUT2D eigenvalue weighted by Gasteiger charge is 2.34. The fourth-order valence-electron chi connectivity index (χ4n) is 0.250. The van der Waals surface area contributed by atoms with Crippen molar-refractivity contribution in [2.24, 2.45) is 0 Å². The maximum absolute atomic E-state index is 9.42. The molecule has 1 atom stereocenters. The highest BCUT2D eigenvalue weighted by Crippen LogP contribution is 2.23. The quantitative estimate of drug-likeness (QED) is 0.714. The van der Waals surface area contributed by atoms with E-state index in [1.807, 2.05) is 13.8 Å². The number of rotatable bonds is 3. The molecule has 0 radical (unpaired) electrons. The van der Waals surface area contributed by atoms with E-state index in [-0.39, 0.29) is 0 Å². The van der Waals surface area contributed by atoms with Crippen molar-refractivity contribution in [3.05, 3.63) is 0 Å². The van der Waals surface area contributed by atoms with Gasteiger partial charge in [0.05, 0.1) is 18.3 Å². The second-order valence-corrected chi connectivity index (χ2v) is 4.53. The Labute approximate surface area is 86.0 Å². The zero-order valence-corrected chi connectivity index (χ0v) is 10.5. The molecule has 6 heteroatoms. The third-order valence-corrected chi connectivity index (χ3v) is 2.45. The number of ether oxygens (including phenoxy) is 1. The van der Waals surface area contributed by atoms with Gasteiger partial charge in [-0.1, -0.05) is 0 Å². The molecule has 14 heavy (non-hydrogen) atoms. The Morgan fingerprint density at radius 2 is 1.43 bits per heavy atom. The molecule has 0 fully saturated rings. The summed E-state index contributed by atoms with van der Waals surface area (Å²) in [5.41, 5.74) is -1.24. The summed E-state index contributed by atoms with van der Waals surface area (Å²) in [4.78, 5) is 7.65. The molecule has 0 rings (SSSR count). The molecule has 0 aromatic carbocycles. The average Bonchev–Trinajstić information content (AvgIpc) is 2.03. The molecule has 0 saturated heterocycles. The van der Waals surface area contributed by atoms with Crippen molar-refractivity contribution < 1.29 is 23.8 Å². The summed E-state index contributed by atoms with van der Waals surface area (Å²) in [6.07, 6.45) is 0. The summed E-state index contributed by atoms with van der Waals surface area (Å²) < 4.78 is 18.2. The lowest BCUT2D eigenvalue weighted by molar-refractivity contribution is -0.129. The Morgan fingerprint density at radius 3 is 1.43 bits per heavy atom. The highest BCUT2D eigenvalue weighted by atomic mass is 31.1. The fraction of sp³-hybridized carbons (Fsp3) is 1.00. The van der Waals surface area contributed by atoms with Gasteiger partial charge in [-0.2, -0.15) is 0 Å². The van der Waals surface area contributed by atoms with Crippen LogP contribution < -0.4 is 0 Å². The van der Waals surface area contributed by atoms with Crippen LogP contribution in [0, 0.1) is 0 Å². The zero-order chi connectivity index (χ0) is 12.0. The number of aliphatic hydroxyl groups is 1. The summed E-state index contributed by atoms with van der Waals surface area (Å²) >= 11 is 0. The van der Waals surface area contributed by atoms with Crippen LogP contribution in [0.2, 0.25) is 0 Å². The molecule has 2 N–H and O–H groups in total. The first kappa shape index (κ1) is 16.4. The molecule has 5 nitrogen and oxygen atoms in total. The lowest BCUT2D eigenvalue weighted by atomic mass is 9.90. The minimum atomic E-state index is -2.35. The van der Waals surface area contributed by atoms with Gasteiger partial charge in [0.1, 0.15) is 0 Å². The topological polar surface area (TPSA) is 76.0 Å². The molecule has 0 aliphatic rings. The number of hydrogen-bond acceptors (Lipinski definition) is 4. The molecule has 0 spiro atoms. The Morgan fingerprint density at radius 1 is 1.14 bits per heavy atom. The van der Waals surface area contributed by atoms with Crippen molar-refractivity contribution in [3.8, 4) is 0 Å². The monoisotopic (exact) mass is 227 g/mol. The van der Waals surface area contributed by atoms with Gasteiger partial charge in [-0.3, -0.25) is 0 Å². The van der Waals surface area contributed by atoms with E-state index in [2.05, 4.69) is 4.52 Å². The normalized spacial score (nSPS) is 13.0. The summed E-state index contributed by atoms with van der Waals surface area (Å²) in [5.74, 6) is 0. The SMILES string of the molecule is COC(C)(C)C(C)(C)O.CO[P+](=O)O. The van der Waals surface area contributed by atoms with E-state index in [1.54, 1.807) is 21.0 Å². The van der Waals surface area contributed by atoms with Gasteiger partial charge in [0.15, 0.2) is 0 Å². The molecule has 0 aromatic heterocycles. The van der Waals surface area contributed by atoms with Crippen LogP contribution in [0.1, 0.15) is 27.7 Å². The fourth-order valence-corrected chi connectivity index (χ4v) is 0.250. The third-order valence-electron chi connectivity index (χ3n) is 2.14. The predicted molar refractivity (Wildman–Crippen MR) is 54.2 cm³/mol. The Bertz CT molecular complexity index is 173. The molecule has 0 aliphatic heterocycles. The van der Waals surface area contributed by atoms with E-state index in [0.29, 0.717) is 0 Å². The van der Waals surface area contributed by atoms with E-state index in [9.17, 15) is 9.67 Å². The van der Waals surface area contributed by atoms with Crippen LogP contribution in [0.4, 0.5) is 0 Å². The van der Waals surface area contributed by atoms with Crippen LogP contribution in [-0.2, 0) is 13.8 Å². The van der Waals surface area contributed by atoms with E-state index in [4.69, 9.17) is 9.63 Å². The second kappa shape index (κ2) is 6.43. The highest BCUT2D eigenvalue weighted by molar-refractivity contribution is 7.32. The lowest BCUT2D eigenvalue weighted by Crippen LogP contribution is -2.46. The number of hydrogen-bond donors (Lipinski definition) is 2. The first-order valence-corrected chi connectivity index (χ1v) is 5.19. The minimum absolute atomic E-state index is 0.465. The largest absolute Gasteiger partial charge is 0.694 e. The van der Waals surface area contributed by atoms with Gasteiger partial charge in [-0.25, -0.2) is 0 Å². The van der Waals surface area contributed by atoms with Crippen LogP contribution in [-0.4, -0.2) is 35.4 Å². The molecule has 0 bridgehead atoms. The van der Waals surface area contributed by atoms with E-state index < -0.39 is 19.5 Å². The van der Waals surface area contributed by atoms with Crippen LogP contribution in [0.5, 0.6) is 0 Å². The van der Waals surface area contributed by atoms with Crippen molar-refractivity contribution in [2.75, 3.05) is 14.2 Å². The van der Waals surface area contributed by atoms with Crippen LogP contribution >= 0.6 is 8.25 Å². The third kappa shape index (κ3) is 7.35. The van der Waals surface area contributed by atoms with Crippen LogP contribution in [0.25, 0.3) is 0 Å². The van der Waals surface area contributed by atoms with E-state index in [1.165, 1.54) is 7.11 Å². The molecule has 0 amide bonds. The van der Waals surface area contributed by atoms with Gasteiger partial charge >= 0.3 is 8.25 Å². The van der Waals surface area contributed by atoms with Gasteiger partial charge in [0, 0.05) is 11.7 Å². The van der Waals surface area contributed by atoms with Crippen molar-refractivity contribution in [1.82, 2.24) is 0 Å². The van der Waals surface area contributed by atoms with Gasteiger partial charge in [0.25, 0.3) is 0 Å². The standard InChI is InChI=1S/C7H16O2.CH3O3P/c1-6(2,8)7(3,4)9-5;1-4-5(2)3/h8H,1-5H3;1H3/p+1. The average molecular weight is 227 g/mol. The van der Waals surface area contributed by atoms with E-state index >= 15 is 0 Å². The van der Waals surface area contributed by atoms with Crippen molar-refractivity contribution in [2.45, 2.75) is 38.9 Å². The maximum Gasteiger partial charge on any atom is 0.694 e. The summed E-state index contributed by atoms with van der Waals surface area (Å²) in [5, 5.41) is 9.42. The molecular weight excluding hydrogens is 207 g/mol. The van der Waals surface area contributed by atoms with Gasteiger partial charge in [-0.15, -0.1) is 9.42 Å². The predicted octanol–water partition coefficient (Wildman–Crippen LogP) is 1.46. The molecule has 0 aliphatic carbocycles. The summed E-state index contributed by atoms with van der Waals surface area (Å²) in [6.45, 7) is 7.17. The smallest absolute Gasteiger partial charge is 0.387 e. The Hall–Kier alpha value is -0.0600. The van der Waals surface area contributed by atoms with Crippen molar-refractivity contribution in [1.29, 1.82) is 0 Å². The van der Waals surface area contributed by atoms with Gasteiger partial charge in [0.2, 0.25) is 0 Å². The first-order chi connectivity index (χ1) is 6.08. The minimum Gasteiger partial charge on any atom is -0.387 e. The lowest BCUT2D eigenvalue weighted by Gasteiger charge is -2.35. The molecule has 86 valence electrons. The summed E-state index contributed by atoms with van der Waals surface area (Å²) in [6, 6.07) is 0. The maximum atomic E-state index is 9.42. The van der Waals surface area contributed by atoms with Crippen molar-refractivity contribution in [3.63, 3.8) is 0 Å². The second-order valence-electron chi connectivity index (χ2n) is 3.69. The zero-order valence-electron chi connectivity index (χ0n) is 9.57. The van der Waals surface area contributed by atoms with E-state index in [0.717, 1.165) is 0 Å². The molecule has 1 unspecified atom stereocenters. The van der Waals surface area contributed by atoms with Gasteiger partial charge < -0.3 is 9.84 Å².